The van der Waals surface area contributed by atoms with Crippen LogP contribution in [-0.2, 0) is 21.2 Å². The van der Waals surface area contributed by atoms with E-state index in [1.807, 2.05) is 57.2 Å². The SMILES string of the molecule is CCOc1ccc([C@@H](C)NC(=O)CN(c2ccc(CC)cc2)S(=O)(=O)c2ccccc2)cc1. The van der Waals surface area contributed by atoms with Gasteiger partial charge in [0.1, 0.15) is 12.3 Å². The average Bonchev–Trinajstić information content (AvgIpc) is 2.83. The lowest BCUT2D eigenvalue weighted by atomic mass is 10.1. The zero-order valence-electron chi connectivity index (χ0n) is 19.2. The highest BCUT2D eigenvalue weighted by Gasteiger charge is 2.27. The Bertz CT molecular complexity index is 1150. The molecule has 33 heavy (non-hydrogen) atoms. The molecule has 0 unspecified atom stereocenters. The monoisotopic (exact) mass is 466 g/mol. The number of hydrogen-bond donors (Lipinski definition) is 1. The molecule has 0 heterocycles. The van der Waals surface area contributed by atoms with Crippen molar-refractivity contribution in [2.24, 2.45) is 0 Å². The van der Waals surface area contributed by atoms with E-state index in [1.165, 1.54) is 12.1 Å². The summed E-state index contributed by atoms with van der Waals surface area (Å²) in [7, 11) is -3.93. The van der Waals surface area contributed by atoms with Gasteiger partial charge in [0.25, 0.3) is 10.0 Å². The van der Waals surface area contributed by atoms with Gasteiger partial charge in [-0.15, -0.1) is 0 Å². The van der Waals surface area contributed by atoms with Crippen molar-refractivity contribution >= 4 is 21.6 Å². The minimum atomic E-state index is -3.93. The number of nitrogens with one attached hydrogen (secondary N) is 1. The molecule has 0 aliphatic heterocycles. The molecular weight excluding hydrogens is 436 g/mol. The van der Waals surface area contributed by atoms with E-state index >= 15 is 0 Å². The molecule has 0 aliphatic carbocycles. The second kappa shape index (κ2) is 11.0. The lowest BCUT2D eigenvalue weighted by Crippen LogP contribution is -2.41. The predicted octanol–water partition coefficient (Wildman–Crippen LogP) is 4.72. The smallest absolute Gasteiger partial charge is 0.264 e. The summed E-state index contributed by atoms with van der Waals surface area (Å²) in [5, 5.41) is 2.91. The second-order valence-corrected chi connectivity index (χ2v) is 9.50. The van der Waals surface area contributed by atoms with Crippen LogP contribution in [0.2, 0.25) is 0 Å². The van der Waals surface area contributed by atoms with Gasteiger partial charge in [-0.05, 0) is 67.8 Å². The molecule has 6 nitrogen and oxygen atoms in total. The van der Waals surface area contributed by atoms with E-state index < -0.39 is 15.9 Å². The summed E-state index contributed by atoms with van der Waals surface area (Å²) >= 11 is 0. The summed E-state index contributed by atoms with van der Waals surface area (Å²) in [6, 6.07) is 22.6. The summed E-state index contributed by atoms with van der Waals surface area (Å²) in [5.41, 5.74) is 2.43. The number of amides is 1. The molecule has 0 bridgehead atoms. The molecule has 1 amide bonds. The second-order valence-electron chi connectivity index (χ2n) is 7.64. The Balaban J connectivity index is 1.82. The van der Waals surface area contributed by atoms with Crippen LogP contribution in [-0.4, -0.2) is 27.5 Å². The minimum absolute atomic E-state index is 0.136. The molecule has 0 spiro atoms. The van der Waals surface area contributed by atoms with Crippen molar-refractivity contribution in [1.82, 2.24) is 5.32 Å². The number of rotatable bonds is 10. The molecule has 0 fully saturated rings. The Hall–Kier alpha value is -3.32. The number of aryl methyl sites for hydroxylation is 1. The van der Waals surface area contributed by atoms with Gasteiger partial charge in [-0.2, -0.15) is 0 Å². The zero-order chi connectivity index (χ0) is 23.8. The number of carbonyl (C=O) groups is 1. The number of benzene rings is 3. The van der Waals surface area contributed by atoms with E-state index in [0.29, 0.717) is 12.3 Å². The fraction of sp³-hybridized carbons (Fsp3) is 0.269. The third-order valence-corrected chi connectivity index (χ3v) is 7.11. The van der Waals surface area contributed by atoms with Crippen molar-refractivity contribution in [3.05, 3.63) is 90.0 Å². The number of ether oxygens (including phenoxy) is 1. The maximum absolute atomic E-state index is 13.4. The number of nitrogens with zero attached hydrogens (tertiary/aromatic N) is 1. The van der Waals surface area contributed by atoms with Gasteiger partial charge in [0.05, 0.1) is 23.2 Å². The van der Waals surface area contributed by atoms with Crippen LogP contribution in [0.3, 0.4) is 0 Å². The Morgan fingerprint density at radius 2 is 1.58 bits per heavy atom. The molecule has 3 aromatic carbocycles. The minimum Gasteiger partial charge on any atom is -0.494 e. The normalized spacial score (nSPS) is 12.1. The summed E-state index contributed by atoms with van der Waals surface area (Å²) in [6.07, 6.45) is 0.839. The molecule has 174 valence electrons. The summed E-state index contributed by atoms with van der Waals surface area (Å²) in [6.45, 7) is 6.06. The van der Waals surface area contributed by atoms with Gasteiger partial charge in [-0.1, -0.05) is 49.4 Å². The number of carbonyl (C=O) groups excluding carboxylic acids is 1. The third-order valence-electron chi connectivity index (χ3n) is 5.32. The molecule has 3 rings (SSSR count). The number of sulfonamides is 1. The Morgan fingerprint density at radius 1 is 0.939 bits per heavy atom. The standard InChI is InChI=1S/C26H30N2O4S/c1-4-21-11-15-23(16-12-21)28(33(30,31)25-9-7-6-8-10-25)19-26(29)27-20(3)22-13-17-24(18-14-22)32-5-2/h6-18,20H,4-5,19H2,1-3H3,(H,27,29)/t20-/m1/s1. The van der Waals surface area contributed by atoms with Crippen molar-refractivity contribution in [2.75, 3.05) is 17.5 Å². The van der Waals surface area contributed by atoms with Crippen molar-refractivity contribution < 1.29 is 17.9 Å². The topological polar surface area (TPSA) is 75.7 Å². The molecule has 1 N–H and O–H groups in total. The van der Waals surface area contributed by atoms with E-state index in [0.717, 1.165) is 27.6 Å². The van der Waals surface area contributed by atoms with Crippen molar-refractivity contribution in [3.8, 4) is 5.75 Å². The van der Waals surface area contributed by atoms with Crippen LogP contribution >= 0.6 is 0 Å². The van der Waals surface area contributed by atoms with Crippen LogP contribution in [0.15, 0.2) is 83.8 Å². The van der Waals surface area contributed by atoms with Crippen LogP contribution in [0, 0.1) is 0 Å². The Labute approximate surface area is 196 Å². The maximum Gasteiger partial charge on any atom is 0.264 e. The molecule has 0 saturated carbocycles. The fourth-order valence-electron chi connectivity index (χ4n) is 3.45. The molecule has 0 aliphatic rings. The van der Waals surface area contributed by atoms with Gasteiger partial charge < -0.3 is 10.1 Å². The Morgan fingerprint density at radius 3 is 2.15 bits per heavy atom. The molecule has 0 saturated heterocycles. The van der Waals surface area contributed by atoms with E-state index in [4.69, 9.17) is 4.74 Å². The third kappa shape index (κ3) is 6.14. The van der Waals surface area contributed by atoms with Crippen LogP contribution in [0.5, 0.6) is 5.75 Å². The molecule has 0 aromatic heterocycles. The van der Waals surface area contributed by atoms with Crippen LogP contribution in [0.25, 0.3) is 0 Å². The van der Waals surface area contributed by atoms with Crippen molar-refractivity contribution in [2.45, 2.75) is 38.1 Å². The molecular formula is C26H30N2O4S. The van der Waals surface area contributed by atoms with E-state index in [9.17, 15) is 13.2 Å². The maximum atomic E-state index is 13.4. The van der Waals surface area contributed by atoms with Crippen LogP contribution < -0.4 is 14.4 Å². The van der Waals surface area contributed by atoms with Crippen LogP contribution in [0.4, 0.5) is 5.69 Å². The van der Waals surface area contributed by atoms with Gasteiger partial charge in [0, 0.05) is 0 Å². The quantitative estimate of drug-likeness (QED) is 0.469. The summed E-state index contributed by atoms with van der Waals surface area (Å²) in [5.74, 6) is 0.367. The first kappa shape index (κ1) is 24.3. The highest BCUT2D eigenvalue weighted by molar-refractivity contribution is 7.92. The van der Waals surface area contributed by atoms with Gasteiger partial charge in [-0.25, -0.2) is 8.42 Å². The molecule has 3 aromatic rings. The van der Waals surface area contributed by atoms with E-state index in [2.05, 4.69) is 5.32 Å². The number of anilines is 1. The first-order valence-corrected chi connectivity index (χ1v) is 12.5. The molecule has 7 heteroatoms. The number of hydrogen-bond acceptors (Lipinski definition) is 4. The van der Waals surface area contributed by atoms with Crippen molar-refractivity contribution in [1.29, 1.82) is 0 Å². The lowest BCUT2D eigenvalue weighted by Gasteiger charge is -2.25. The van der Waals surface area contributed by atoms with Crippen molar-refractivity contribution in [3.63, 3.8) is 0 Å². The summed E-state index contributed by atoms with van der Waals surface area (Å²) < 4.78 is 33.4. The lowest BCUT2D eigenvalue weighted by molar-refractivity contribution is -0.120. The van der Waals surface area contributed by atoms with E-state index in [1.54, 1.807) is 30.3 Å². The first-order valence-electron chi connectivity index (χ1n) is 11.0. The van der Waals surface area contributed by atoms with Gasteiger partial charge >= 0.3 is 0 Å². The highest BCUT2D eigenvalue weighted by atomic mass is 32.2. The van der Waals surface area contributed by atoms with Crippen LogP contribution in [0.1, 0.15) is 37.9 Å². The predicted molar refractivity (Wildman–Crippen MR) is 131 cm³/mol. The highest BCUT2D eigenvalue weighted by Crippen LogP contribution is 2.24. The largest absolute Gasteiger partial charge is 0.494 e. The van der Waals surface area contributed by atoms with Gasteiger partial charge in [0.2, 0.25) is 5.91 Å². The zero-order valence-corrected chi connectivity index (χ0v) is 20.0. The average molecular weight is 467 g/mol. The van der Waals surface area contributed by atoms with Gasteiger partial charge in [-0.3, -0.25) is 9.10 Å². The molecule has 0 radical (unpaired) electrons. The molecule has 1 atom stereocenters. The van der Waals surface area contributed by atoms with E-state index in [-0.39, 0.29) is 17.5 Å². The summed E-state index contributed by atoms with van der Waals surface area (Å²) in [4.78, 5) is 13.1. The van der Waals surface area contributed by atoms with Gasteiger partial charge in [0.15, 0.2) is 0 Å². The first-order chi connectivity index (χ1) is 15.8. The fourth-order valence-corrected chi connectivity index (χ4v) is 4.89. The Kier molecular flexibility index (Phi) is 8.11.